The second kappa shape index (κ2) is 7.17. The lowest BCUT2D eigenvalue weighted by Gasteiger charge is -2.25. The number of hydrogen-bond acceptors (Lipinski definition) is 4. The summed E-state index contributed by atoms with van der Waals surface area (Å²) in [5.74, 6) is -2.43. The zero-order chi connectivity index (χ0) is 18.7. The Balaban J connectivity index is 1.85. The monoisotopic (exact) mass is 355 g/mol. The molecule has 0 aromatic heterocycles. The molecule has 0 aliphatic carbocycles. The van der Waals surface area contributed by atoms with Gasteiger partial charge >= 0.3 is 5.97 Å². The minimum absolute atomic E-state index is 0.0243. The maximum atomic E-state index is 12.9. The molecule has 1 aliphatic heterocycles. The fourth-order valence-corrected chi connectivity index (χ4v) is 3.35. The molecule has 1 aliphatic rings. The first-order valence-electron chi connectivity index (χ1n) is 8.40. The van der Waals surface area contributed by atoms with Crippen molar-refractivity contribution in [3.8, 4) is 5.75 Å². The Kier molecular flexibility index (Phi) is 4.95. The van der Waals surface area contributed by atoms with Crippen LogP contribution in [0.4, 0.5) is 0 Å². The molecule has 6 heteroatoms. The quantitative estimate of drug-likeness (QED) is 0.823. The summed E-state index contributed by atoms with van der Waals surface area (Å²) in [6.07, 6.45) is 0.595. The van der Waals surface area contributed by atoms with Gasteiger partial charge in [0.15, 0.2) is 5.60 Å². The average molecular weight is 355 g/mol. The van der Waals surface area contributed by atoms with Crippen LogP contribution < -0.4 is 4.74 Å². The number of carboxylic acids is 1. The molecule has 3 rings (SSSR count). The van der Waals surface area contributed by atoms with Crippen molar-refractivity contribution in [3.05, 3.63) is 65.7 Å². The minimum atomic E-state index is -2.07. The predicted octanol–water partition coefficient (Wildman–Crippen LogP) is 1.67. The van der Waals surface area contributed by atoms with Crippen molar-refractivity contribution in [1.29, 1.82) is 0 Å². The highest BCUT2D eigenvalue weighted by molar-refractivity contribution is 5.95. The van der Waals surface area contributed by atoms with Crippen molar-refractivity contribution < 1.29 is 24.5 Å². The highest BCUT2D eigenvalue weighted by Crippen LogP contribution is 2.39. The molecule has 2 aromatic rings. The van der Waals surface area contributed by atoms with Gasteiger partial charge in [-0.05, 0) is 29.7 Å². The summed E-state index contributed by atoms with van der Waals surface area (Å²) in [4.78, 5) is 26.0. The van der Waals surface area contributed by atoms with Gasteiger partial charge in [0.2, 0.25) is 0 Å². The van der Waals surface area contributed by atoms with Crippen molar-refractivity contribution >= 4 is 11.9 Å². The van der Waals surface area contributed by atoms with Crippen molar-refractivity contribution in [3.63, 3.8) is 0 Å². The Morgan fingerprint density at radius 2 is 1.85 bits per heavy atom. The Bertz CT molecular complexity index is 790. The number of benzene rings is 2. The number of aliphatic hydroxyl groups is 1. The highest BCUT2D eigenvalue weighted by Gasteiger charge is 2.57. The van der Waals surface area contributed by atoms with Gasteiger partial charge in [-0.1, -0.05) is 42.5 Å². The molecule has 1 heterocycles. The molecule has 6 nitrogen and oxygen atoms in total. The zero-order valence-corrected chi connectivity index (χ0v) is 14.5. The Morgan fingerprint density at radius 1 is 1.19 bits per heavy atom. The molecule has 0 unspecified atom stereocenters. The van der Waals surface area contributed by atoms with Gasteiger partial charge in [0.05, 0.1) is 7.11 Å². The second-order valence-corrected chi connectivity index (χ2v) is 6.37. The number of carbonyl (C=O) groups is 2. The SMILES string of the molecule is COc1ccc([C@@]2(O)C(=O)N(CCc3ccccc3)C[C@@H]2C(=O)O)cc1. The molecule has 1 fully saturated rings. The number of ether oxygens (including phenoxy) is 1. The first kappa shape index (κ1) is 17.9. The Labute approximate surface area is 151 Å². The maximum absolute atomic E-state index is 12.9. The third-order valence-electron chi connectivity index (χ3n) is 4.86. The summed E-state index contributed by atoms with van der Waals surface area (Å²) < 4.78 is 5.08. The smallest absolute Gasteiger partial charge is 0.312 e. The van der Waals surface area contributed by atoms with Crippen LogP contribution in [0.3, 0.4) is 0 Å². The molecule has 0 radical (unpaired) electrons. The second-order valence-electron chi connectivity index (χ2n) is 6.37. The molecule has 1 saturated heterocycles. The van der Waals surface area contributed by atoms with E-state index in [-0.39, 0.29) is 12.1 Å². The first-order chi connectivity index (χ1) is 12.5. The molecule has 0 saturated carbocycles. The summed E-state index contributed by atoms with van der Waals surface area (Å²) in [6.45, 7) is 0.328. The Hall–Kier alpha value is -2.86. The summed E-state index contributed by atoms with van der Waals surface area (Å²) in [6, 6.07) is 15.9. The largest absolute Gasteiger partial charge is 0.497 e. The third-order valence-corrected chi connectivity index (χ3v) is 4.86. The van der Waals surface area contributed by atoms with E-state index in [1.165, 1.54) is 24.1 Å². The number of amides is 1. The summed E-state index contributed by atoms with van der Waals surface area (Å²) in [5, 5.41) is 20.6. The molecule has 2 N–H and O–H groups in total. The van der Waals surface area contributed by atoms with E-state index in [2.05, 4.69) is 0 Å². The number of hydrogen-bond donors (Lipinski definition) is 2. The van der Waals surface area contributed by atoms with Gasteiger partial charge in [-0.3, -0.25) is 9.59 Å². The van der Waals surface area contributed by atoms with Crippen LogP contribution in [-0.2, 0) is 21.6 Å². The van der Waals surface area contributed by atoms with E-state index in [9.17, 15) is 19.8 Å². The summed E-state index contributed by atoms with van der Waals surface area (Å²) in [5.41, 5.74) is -0.764. The molecule has 0 spiro atoms. The maximum Gasteiger partial charge on any atom is 0.312 e. The fraction of sp³-hybridized carbons (Fsp3) is 0.300. The van der Waals surface area contributed by atoms with Crippen molar-refractivity contribution in [1.82, 2.24) is 4.90 Å². The van der Waals surface area contributed by atoms with E-state index in [4.69, 9.17) is 4.74 Å². The lowest BCUT2D eigenvalue weighted by atomic mass is 9.83. The van der Waals surface area contributed by atoms with Crippen LogP contribution in [0.2, 0.25) is 0 Å². The van der Waals surface area contributed by atoms with Gasteiger partial charge in [-0.25, -0.2) is 0 Å². The number of methoxy groups -OCH3 is 1. The average Bonchev–Trinajstić information content (AvgIpc) is 2.93. The molecular formula is C20H21NO5. The number of carbonyl (C=O) groups excluding carboxylic acids is 1. The van der Waals surface area contributed by atoms with Crippen LogP contribution in [-0.4, -0.2) is 47.2 Å². The van der Waals surface area contributed by atoms with E-state index < -0.39 is 23.4 Å². The van der Waals surface area contributed by atoms with Gasteiger partial charge in [0, 0.05) is 13.1 Å². The fourth-order valence-electron chi connectivity index (χ4n) is 3.35. The van der Waals surface area contributed by atoms with Crippen molar-refractivity contribution in [2.75, 3.05) is 20.2 Å². The summed E-state index contributed by atoms with van der Waals surface area (Å²) in [7, 11) is 1.51. The number of nitrogens with zero attached hydrogens (tertiary/aromatic N) is 1. The molecule has 1 amide bonds. The van der Waals surface area contributed by atoms with Gasteiger partial charge in [0.25, 0.3) is 5.91 Å². The van der Waals surface area contributed by atoms with Gasteiger partial charge in [-0.2, -0.15) is 0 Å². The van der Waals surface area contributed by atoms with Crippen LogP contribution in [0.15, 0.2) is 54.6 Å². The van der Waals surface area contributed by atoms with E-state index in [0.29, 0.717) is 18.7 Å². The van der Waals surface area contributed by atoms with E-state index in [0.717, 1.165) is 5.56 Å². The molecule has 26 heavy (non-hydrogen) atoms. The third kappa shape index (κ3) is 3.15. The lowest BCUT2D eigenvalue weighted by molar-refractivity contribution is -0.157. The van der Waals surface area contributed by atoms with E-state index >= 15 is 0 Å². The first-order valence-corrected chi connectivity index (χ1v) is 8.40. The van der Waals surface area contributed by atoms with Gasteiger partial charge < -0.3 is 19.8 Å². The van der Waals surface area contributed by atoms with Crippen molar-refractivity contribution in [2.45, 2.75) is 12.0 Å². The van der Waals surface area contributed by atoms with Gasteiger partial charge in [-0.15, -0.1) is 0 Å². The van der Waals surface area contributed by atoms with Gasteiger partial charge in [0.1, 0.15) is 11.7 Å². The molecular weight excluding hydrogens is 334 g/mol. The normalized spacial score (nSPS) is 22.5. The molecule has 0 bridgehead atoms. The van der Waals surface area contributed by atoms with Crippen LogP contribution in [0, 0.1) is 5.92 Å². The van der Waals surface area contributed by atoms with E-state index in [1.54, 1.807) is 12.1 Å². The molecule has 136 valence electrons. The van der Waals surface area contributed by atoms with Crippen LogP contribution >= 0.6 is 0 Å². The van der Waals surface area contributed by atoms with Crippen LogP contribution in [0.1, 0.15) is 11.1 Å². The zero-order valence-electron chi connectivity index (χ0n) is 14.5. The van der Waals surface area contributed by atoms with Crippen LogP contribution in [0.25, 0.3) is 0 Å². The van der Waals surface area contributed by atoms with Crippen molar-refractivity contribution in [2.24, 2.45) is 5.92 Å². The molecule has 2 atom stereocenters. The number of aliphatic carboxylic acids is 1. The number of carboxylic acid groups (broad SMARTS) is 1. The minimum Gasteiger partial charge on any atom is -0.497 e. The molecule has 2 aromatic carbocycles. The van der Waals surface area contributed by atoms with E-state index in [1.807, 2.05) is 30.3 Å². The van der Waals surface area contributed by atoms with Crippen LogP contribution in [0.5, 0.6) is 5.75 Å². The topological polar surface area (TPSA) is 87.1 Å². The lowest BCUT2D eigenvalue weighted by Crippen LogP contribution is -2.43. The number of likely N-dealkylation sites (tertiary alicyclic amines) is 1. The summed E-state index contributed by atoms with van der Waals surface area (Å²) >= 11 is 0. The standard InChI is InChI=1S/C20H21NO5/c1-26-16-9-7-15(8-10-16)20(25)17(18(22)23)13-21(19(20)24)12-11-14-5-3-2-4-6-14/h2-10,17,25H,11-13H2,1H3,(H,22,23)/t17-,20+/m1/s1. The predicted molar refractivity (Wildman–Crippen MR) is 94.7 cm³/mol. The number of rotatable bonds is 6. The Morgan fingerprint density at radius 3 is 2.42 bits per heavy atom. The highest BCUT2D eigenvalue weighted by atomic mass is 16.5.